The van der Waals surface area contributed by atoms with Crippen LogP contribution in [0.25, 0.3) is 0 Å². The SMILES string of the molecule is COc1ccc(S(=O)(=O)Nc2ccccc2Cc2nc(C)no2)cc1. The van der Waals surface area contributed by atoms with Crippen LogP contribution >= 0.6 is 0 Å². The minimum atomic E-state index is -3.72. The van der Waals surface area contributed by atoms with Crippen molar-refractivity contribution in [1.82, 2.24) is 10.1 Å². The van der Waals surface area contributed by atoms with Crippen molar-refractivity contribution in [3.05, 3.63) is 65.8 Å². The molecule has 1 aromatic heterocycles. The minimum Gasteiger partial charge on any atom is -0.497 e. The Morgan fingerprint density at radius 3 is 2.48 bits per heavy atom. The number of aryl methyl sites for hydroxylation is 1. The molecule has 2 aromatic carbocycles. The van der Waals surface area contributed by atoms with Crippen LogP contribution in [-0.2, 0) is 16.4 Å². The predicted molar refractivity (Wildman–Crippen MR) is 92.1 cm³/mol. The van der Waals surface area contributed by atoms with Crippen LogP contribution in [0.5, 0.6) is 5.75 Å². The van der Waals surface area contributed by atoms with Gasteiger partial charge in [-0.05, 0) is 42.8 Å². The summed E-state index contributed by atoms with van der Waals surface area (Å²) in [6, 6.07) is 13.3. The Morgan fingerprint density at radius 1 is 1.12 bits per heavy atom. The standard InChI is InChI=1S/C17H17N3O4S/c1-12-18-17(24-19-12)11-13-5-3-4-6-16(13)20-25(21,22)15-9-7-14(23-2)8-10-15/h3-10,20H,11H2,1-2H3. The fourth-order valence-corrected chi connectivity index (χ4v) is 3.41. The molecule has 0 spiro atoms. The van der Waals surface area contributed by atoms with Gasteiger partial charge in [0, 0.05) is 0 Å². The van der Waals surface area contributed by atoms with Gasteiger partial charge in [0.25, 0.3) is 10.0 Å². The van der Waals surface area contributed by atoms with Crippen LogP contribution in [0, 0.1) is 6.92 Å². The Kier molecular flexibility index (Phi) is 4.71. The molecule has 0 atom stereocenters. The summed E-state index contributed by atoms with van der Waals surface area (Å²) < 4.78 is 38.0. The van der Waals surface area contributed by atoms with Crippen LogP contribution in [0.2, 0.25) is 0 Å². The number of nitrogens with zero attached hydrogens (tertiary/aromatic N) is 2. The molecule has 1 N–H and O–H groups in total. The summed E-state index contributed by atoms with van der Waals surface area (Å²) in [7, 11) is -2.20. The lowest BCUT2D eigenvalue weighted by molar-refractivity contribution is 0.381. The van der Waals surface area contributed by atoms with E-state index in [-0.39, 0.29) is 4.90 Å². The van der Waals surface area contributed by atoms with Crippen molar-refractivity contribution < 1.29 is 17.7 Å². The number of nitrogens with one attached hydrogen (secondary N) is 1. The van der Waals surface area contributed by atoms with Crippen LogP contribution in [-0.4, -0.2) is 25.7 Å². The van der Waals surface area contributed by atoms with Crippen LogP contribution in [0.4, 0.5) is 5.69 Å². The van der Waals surface area contributed by atoms with Crippen molar-refractivity contribution in [1.29, 1.82) is 0 Å². The number of hydrogen-bond donors (Lipinski definition) is 1. The zero-order valence-electron chi connectivity index (χ0n) is 13.8. The zero-order chi connectivity index (χ0) is 17.9. The van der Waals surface area contributed by atoms with Crippen molar-refractivity contribution in [3.8, 4) is 5.75 Å². The topological polar surface area (TPSA) is 94.3 Å². The Balaban J connectivity index is 1.86. The van der Waals surface area contributed by atoms with Crippen molar-refractivity contribution in [3.63, 3.8) is 0 Å². The first-order chi connectivity index (χ1) is 12.0. The Bertz CT molecular complexity index is 966. The highest BCUT2D eigenvalue weighted by Crippen LogP contribution is 2.23. The fourth-order valence-electron chi connectivity index (χ4n) is 2.31. The maximum Gasteiger partial charge on any atom is 0.261 e. The summed E-state index contributed by atoms with van der Waals surface area (Å²) in [6.07, 6.45) is 0.335. The monoisotopic (exact) mass is 359 g/mol. The van der Waals surface area contributed by atoms with Crippen molar-refractivity contribution >= 4 is 15.7 Å². The molecule has 25 heavy (non-hydrogen) atoms. The smallest absolute Gasteiger partial charge is 0.261 e. The molecule has 0 amide bonds. The van der Waals surface area contributed by atoms with Gasteiger partial charge in [-0.2, -0.15) is 4.98 Å². The van der Waals surface area contributed by atoms with Gasteiger partial charge in [0.05, 0.1) is 24.1 Å². The number of sulfonamides is 1. The number of anilines is 1. The number of rotatable bonds is 6. The molecule has 0 aliphatic carbocycles. The van der Waals surface area contributed by atoms with E-state index in [1.807, 2.05) is 12.1 Å². The third-order valence-electron chi connectivity index (χ3n) is 3.54. The number of para-hydroxylation sites is 1. The number of benzene rings is 2. The van der Waals surface area contributed by atoms with E-state index in [4.69, 9.17) is 9.26 Å². The maximum atomic E-state index is 12.6. The molecule has 3 rings (SSSR count). The van der Waals surface area contributed by atoms with Gasteiger partial charge in [-0.15, -0.1) is 0 Å². The first kappa shape index (κ1) is 17.0. The van der Waals surface area contributed by atoms with E-state index in [1.165, 1.54) is 19.2 Å². The van der Waals surface area contributed by atoms with Gasteiger partial charge in [0.1, 0.15) is 5.75 Å². The molecule has 0 unspecified atom stereocenters. The Morgan fingerprint density at radius 2 is 1.84 bits per heavy atom. The molecule has 0 aliphatic heterocycles. The van der Waals surface area contributed by atoms with E-state index in [2.05, 4.69) is 14.9 Å². The molecule has 130 valence electrons. The van der Waals surface area contributed by atoms with Crippen molar-refractivity contribution in [2.24, 2.45) is 0 Å². The highest BCUT2D eigenvalue weighted by Gasteiger charge is 2.17. The molecule has 0 bridgehead atoms. The number of methoxy groups -OCH3 is 1. The van der Waals surface area contributed by atoms with Gasteiger partial charge in [-0.1, -0.05) is 23.4 Å². The van der Waals surface area contributed by atoms with Crippen LogP contribution < -0.4 is 9.46 Å². The average Bonchev–Trinajstić information content (AvgIpc) is 3.01. The molecular weight excluding hydrogens is 342 g/mol. The molecule has 0 radical (unpaired) electrons. The molecule has 0 aliphatic rings. The summed E-state index contributed by atoms with van der Waals surface area (Å²) in [4.78, 5) is 4.30. The van der Waals surface area contributed by atoms with E-state index in [0.717, 1.165) is 5.56 Å². The maximum absolute atomic E-state index is 12.6. The van der Waals surface area contributed by atoms with Crippen molar-refractivity contribution in [2.45, 2.75) is 18.2 Å². The summed E-state index contributed by atoms with van der Waals surface area (Å²) in [5, 5.41) is 3.74. The second kappa shape index (κ2) is 6.94. The third kappa shape index (κ3) is 3.97. The Hall–Kier alpha value is -2.87. The van der Waals surface area contributed by atoms with E-state index >= 15 is 0 Å². The normalized spacial score (nSPS) is 11.3. The highest BCUT2D eigenvalue weighted by atomic mass is 32.2. The third-order valence-corrected chi connectivity index (χ3v) is 4.92. The number of aromatic nitrogens is 2. The second-order valence-electron chi connectivity index (χ2n) is 5.35. The number of ether oxygens (including phenoxy) is 1. The summed E-state index contributed by atoms with van der Waals surface area (Å²) in [5.74, 6) is 1.55. The molecule has 3 aromatic rings. The Labute approximate surface area is 145 Å². The van der Waals surface area contributed by atoms with Crippen LogP contribution in [0.1, 0.15) is 17.3 Å². The predicted octanol–water partition coefficient (Wildman–Crippen LogP) is 2.78. The second-order valence-corrected chi connectivity index (χ2v) is 7.03. The molecule has 1 heterocycles. The molecule has 0 saturated carbocycles. The quantitative estimate of drug-likeness (QED) is 0.727. The van der Waals surface area contributed by atoms with Gasteiger partial charge in [-0.25, -0.2) is 8.42 Å². The minimum absolute atomic E-state index is 0.150. The van der Waals surface area contributed by atoms with E-state index < -0.39 is 10.0 Å². The first-order valence-electron chi connectivity index (χ1n) is 7.52. The van der Waals surface area contributed by atoms with Gasteiger partial charge >= 0.3 is 0 Å². The van der Waals surface area contributed by atoms with Crippen LogP contribution in [0.15, 0.2) is 57.9 Å². The number of hydrogen-bond acceptors (Lipinski definition) is 6. The van der Waals surface area contributed by atoms with Gasteiger partial charge < -0.3 is 9.26 Å². The lowest BCUT2D eigenvalue weighted by Gasteiger charge is -2.12. The van der Waals surface area contributed by atoms with Gasteiger partial charge in [-0.3, -0.25) is 4.72 Å². The highest BCUT2D eigenvalue weighted by molar-refractivity contribution is 7.92. The largest absolute Gasteiger partial charge is 0.497 e. The van der Waals surface area contributed by atoms with Gasteiger partial charge in [0.2, 0.25) is 5.89 Å². The molecule has 8 heteroatoms. The molecule has 0 saturated heterocycles. The lowest BCUT2D eigenvalue weighted by Crippen LogP contribution is -2.14. The summed E-state index contributed by atoms with van der Waals surface area (Å²) in [6.45, 7) is 1.73. The lowest BCUT2D eigenvalue weighted by atomic mass is 10.1. The van der Waals surface area contributed by atoms with E-state index in [1.54, 1.807) is 31.2 Å². The summed E-state index contributed by atoms with van der Waals surface area (Å²) in [5.41, 5.74) is 1.21. The first-order valence-corrected chi connectivity index (χ1v) is 9.00. The zero-order valence-corrected chi connectivity index (χ0v) is 14.6. The molecular formula is C17H17N3O4S. The molecule has 0 fully saturated rings. The van der Waals surface area contributed by atoms with E-state index in [9.17, 15) is 8.42 Å². The fraction of sp³-hybridized carbons (Fsp3) is 0.176. The summed E-state index contributed by atoms with van der Waals surface area (Å²) >= 11 is 0. The van der Waals surface area contributed by atoms with Gasteiger partial charge in [0.15, 0.2) is 5.82 Å². The molecule has 7 nitrogen and oxygen atoms in total. The van der Waals surface area contributed by atoms with Crippen LogP contribution in [0.3, 0.4) is 0 Å². The van der Waals surface area contributed by atoms with Crippen molar-refractivity contribution in [2.75, 3.05) is 11.8 Å². The van der Waals surface area contributed by atoms with E-state index in [0.29, 0.717) is 29.6 Å². The average molecular weight is 359 g/mol.